The van der Waals surface area contributed by atoms with Crippen LogP contribution in [-0.2, 0) is 6.42 Å². The van der Waals surface area contributed by atoms with Gasteiger partial charge in [0.15, 0.2) is 17.0 Å². The number of rotatable bonds is 4. The van der Waals surface area contributed by atoms with Crippen molar-refractivity contribution in [2.24, 2.45) is 0 Å². The number of imidazole rings is 1. The quantitative estimate of drug-likeness (QED) is 0.794. The molecular weight excluding hydrogens is 262 g/mol. The van der Waals surface area contributed by atoms with E-state index in [0.717, 1.165) is 29.1 Å². The van der Waals surface area contributed by atoms with Crippen LogP contribution >= 0.6 is 0 Å². The Hall–Kier alpha value is -2.43. The highest BCUT2D eigenvalue weighted by Gasteiger charge is 2.26. The monoisotopic (exact) mass is 279 g/mol. The van der Waals surface area contributed by atoms with Gasteiger partial charge in [0.05, 0.1) is 6.33 Å². The Balaban J connectivity index is 1.72. The second kappa shape index (κ2) is 4.84. The maximum absolute atomic E-state index is 4.49. The third-order valence-corrected chi connectivity index (χ3v) is 3.90. The number of anilines is 2. The zero-order chi connectivity index (χ0) is 14.2. The highest BCUT2D eigenvalue weighted by atomic mass is 15.2. The molecule has 0 unspecified atom stereocenters. The first-order valence-corrected chi connectivity index (χ1v) is 7.38. The lowest BCUT2D eigenvalue weighted by Gasteiger charge is -2.07. The molecule has 0 atom stereocenters. The molecule has 0 bridgehead atoms. The van der Waals surface area contributed by atoms with Crippen LogP contribution in [0.3, 0.4) is 0 Å². The summed E-state index contributed by atoms with van der Waals surface area (Å²) in [7, 11) is 0. The minimum absolute atomic E-state index is 0.571. The largest absolute Gasteiger partial charge is 0.338 e. The molecular formula is C16H17N5. The van der Waals surface area contributed by atoms with E-state index in [1.807, 2.05) is 12.4 Å². The summed E-state index contributed by atoms with van der Waals surface area (Å²) in [5.74, 6) is 0.771. The number of nitrogens with zero attached hydrogens (tertiary/aromatic N) is 4. The Kier molecular flexibility index (Phi) is 2.84. The van der Waals surface area contributed by atoms with Crippen molar-refractivity contribution in [3.8, 4) is 0 Å². The Bertz CT molecular complexity index is 788. The Morgan fingerprint density at radius 3 is 2.95 bits per heavy atom. The van der Waals surface area contributed by atoms with Gasteiger partial charge in [0.2, 0.25) is 0 Å². The third kappa shape index (κ3) is 2.24. The van der Waals surface area contributed by atoms with Crippen molar-refractivity contribution in [1.29, 1.82) is 0 Å². The van der Waals surface area contributed by atoms with E-state index in [-0.39, 0.29) is 0 Å². The van der Waals surface area contributed by atoms with Gasteiger partial charge >= 0.3 is 0 Å². The summed E-state index contributed by atoms with van der Waals surface area (Å²) in [6, 6.07) is 8.95. The van der Waals surface area contributed by atoms with E-state index >= 15 is 0 Å². The van der Waals surface area contributed by atoms with Crippen LogP contribution in [0.5, 0.6) is 0 Å². The highest BCUT2D eigenvalue weighted by molar-refractivity contribution is 5.85. The van der Waals surface area contributed by atoms with Crippen LogP contribution in [0.4, 0.5) is 11.5 Å². The number of hydrogen-bond donors (Lipinski definition) is 1. The fourth-order valence-electron chi connectivity index (χ4n) is 2.57. The first-order valence-electron chi connectivity index (χ1n) is 7.38. The summed E-state index contributed by atoms with van der Waals surface area (Å²) in [5, 5.41) is 3.37. The van der Waals surface area contributed by atoms with Crippen LogP contribution in [0.1, 0.15) is 31.4 Å². The Labute approximate surface area is 123 Å². The van der Waals surface area contributed by atoms with Crippen LogP contribution in [0, 0.1) is 0 Å². The highest BCUT2D eigenvalue weighted by Crippen LogP contribution is 2.37. The minimum atomic E-state index is 0.571. The van der Waals surface area contributed by atoms with Crippen LogP contribution < -0.4 is 5.32 Å². The molecule has 0 spiro atoms. The van der Waals surface area contributed by atoms with Gasteiger partial charge < -0.3 is 9.88 Å². The molecule has 1 saturated carbocycles. The van der Waals surface area contributed by atoms with Gasteiger partial charge in [0.1, 0.15) is 6.33 Å². The molecule has 0 amide bonds. The molecule has 0 radical (unpaired) electrons. The van der Waals surface area contributed by atoms with Gasteiger partial charge in [-0.3, -0.25) is 0 Å². The number of benzene rings is 1. The molecule has 1 N–H and O–H groups in total. The van der Waals surface area contributed by atoms with Crippen molar-refractivity contribution >= 4 is 22.7 Å². The summed E-state index contributed by atoms with van der Waals surface area (Å²) in [6.45, 7) is 2.15. The second-order valence-electron chi connectivity index (χ2n) is 5.46. The summed E-state index contributed by atoms with van der Waals surface area (Å²) >= 11 is 0. The zero-order valence-electron chi connectivity index (χ0n) is 12.0. The van der Waals surface area contributed by atoms with Crippen molar-refractivity contribution in [3.05, 3.63) is 42.5 Å². The first-order chi connectivity index (χ1) is 10.3. The number of hydrogen-bond acceptors (Lipinski definition) is 4. The van der Waals surface area contributed by atoms with Gasteiger partial charge in [-0.25, -0.2) is 15.0 Å². The Morgan fingerprint density at radius 1 is 1.24 bits per heavy atom. The molecule has 21 heavy (non-hydrogen) atoms. The van der Waals surface area contributed by atoms with Gasteiger partial charge in [0.25, 0.3) is 0 Å². The van der Waals surface area contributed by atoms with E-state index in [4.69, 9.17) is 0 Å². The fraction of sp³-hybridized carbons (Fsp3) is 0.312. The van der Waals surface area contributed by atoms with Crippen molar-refractivity contribution in [3.63, 3.8) is 0 Å². The van der Waals surface area contributed by atoms with E-state index in [2.05, 4.69) is 50.0 Å². The standard InChI is InChI=1S/C16H17N5/c1-2-11-4-3-5-12(8-11)20-15-14-16(18-9-17-15)21(10-19-14)13-6-7-13/h3-5,8-10,13H,2,6-7H2,1H3,(H,17,18,20). The zero-order valence-corrected chi connectivity index (χ0v) is 12.0. The van der Waals surface area contributed by atoms with E-state index in [9.17, 15) is 0 Å². The van der Waals surface area contributed by atoms with Crippen LogP contribution in [0.25, 0.3) is 11.2 Å². The van der Waals surface area contributed by atoms with Crippen molar-refractivity contribution < 1.29 is 0 Å². The second-order valence-corrected chi connectivity index (χ2v) is 5.46. The van der Waals surface area contributed by atoms with E-state index in [1.165, 1.54) is 18.4 Å². The molecule has 1 aromatic carbocycles. The summed E-state index contributed by atoms with van der Waals surface area (Å²) in [4.78, 5) is 13.2. The smallest absolute Gasteiger partial charge is 0.165 e. The van der Waals surface area contributed by atoms with Crippen LogP contribution in [0.15, 0.2) is 36.9 Å². The minimum Gasteiger partial charge on any atom is -0.338 e. The molecule has 0 aliphatic heterocycles. The van der Waals surface area contributed by atoms with Crippen molar-refractivity contribution in [2.75, 3.05) is 5.32 Å². The molecule has 2 aromatic heterocycles. The van der Waals surface area contributed by atoms with Gasteiger partial charge in [-0.1, -0.05) is 19.1 Å². The molecule has 1 aliphatic rings. The summed E-state index contributed by atoms with van der Waals surface area (Å²) in [6.07, 6.45) is 6.94. The summed E-state index contributed by atoms with van der Waals surface area (Å²) < 4.78 is 2.16. The lowest BCUT2D eigenvalue weighted by atomic mass is 10.1. The number of aryl methyl sites for hydroxylation is 1. The van der Waals surface area contributed by atoms with Gasteiger partial charge in [0, 0.05) is 11.7 Å². The van der Waals surface area contributed by atoms with Gasteiger partial charge in [-0.2, -0.15) is 0 Å². The van der Waals surface area contributed by atoms with Gasteiger partial charge in [-0.15, -0.1) is 0 Å². The fourth-order valence-corrected chi connectivity index (χ4v) is 2.57. The molecule has 2 heterocycles. The molecule has 1 fully saturated rings. The van der Waals surface area contributed by atoms with Crippen LogP contribution in [-0.4, -0.2) is 19.5 Å². The summed E-state index contributed by atoms with van der Waals surface area (Å²) in [5.41, 5.74) is 4.09. The normalized spacial score (nSPS) is 14.5. The number of fused-ring (bicyclic) bond motifs is 1. The number of aromatic nitrogens is 4. The topological polar surface area (TPSA) is 55.6 Å². The van der Waals surface area contributed by atoms with Crippen LogP contribution in [0.2, 0.25) is 0 Å². The molecule has 1 aliphatic carbocycles. The third-order valence-electron chi connectivity index (χ3n) is 3.90. The van der Waals surface area contributed by atoms with E-state index in [1.54, 1.807) is 6.33 Å². The average Bonchev–Trinajstić information content (AvgIpc) is 3.27. The number of nitrogens with one attached hydrogen (secondary N) is 1. The van der Waals surface area contributed by atoms with Crippen molar-refractivity contribution in [2.45, 2.75) is 32.2 Å². The lowest BCUT2D eigenvalue weighted by molar-refractivity contribution is 0.756. The maximum Gasteiger partial charge on any atom is 0.165 e. The predicted octanol–water partition coefficient (Wildman–Crippen LogP) is 3.47. The van der Waals surface area contributed by atoms with Gasteiger partial charge in [-0.05, 0) is 37.0 Å². The van der Waals surface area contributed by atoms with E-state index < -0.39 is 0 Å². The molecule has 3 aromatic rings. The lowest BCUT2D eigenvalue weighted by Crippen LogP contribution is -1.98. The molecule has 4 rings (SSSR count). The van der Waals surface area contributed by atoms with Crippen molar-refractivity contribution in [1.82, 2.24) is 19.5 Å². The molecule has 0 saturated heterocycles. The predicted molar refractivity (Wildman–Crippen MR) is 82.7 cm³/mol. The molecule has 106 valence electrons. The maximum atomic E-state index is 4.49. The van der Waals surface area contributed by atoms with E-state index in [0.29, 0.717) is 6.04 Å². The molecule has 5 nitrogen and oxygen atoms in total. The average molecular weight is 279 g/mol. The first kappa shape index (κ1) is 12.3. The Morgan fingerprint density at radius 2 is 2.14 bits per heavy atom. The SMILES string of the molecule is CCc1cccc(Nc2ncnc3c2ncn3C2CC2)c1. The molecule has 5 heteroatoms.